The van der Waals surface area contributed by atoms with E-state index in [1.165, 1.54) is 17.8 Å². The van der Waals surface area contributed by atoms with E-state index in [1.807, 2.05) is 6.92 Å². The number of rotatable bonds is 6. The molecule has 0 amide bonds. The molecule has 17 heavy (non-hydrogen) atoms. The Morgan fingerprint density at radius 3 is 2.65 bits per heavy atom. The van der Waals surface area contributed by atoms with Gasteiger partial charge in [0.25, 0.3) is 0 Å². The lowest BCUT2D eigenvalue weighted by atomic mass is 10.1. The molecule has 0 unspecified atom stereocenters. The second kappa shape index (κ2) is 6.17. The molecule has 0 aliphatic carbocycles. The van der Waals surface area contributed by atoms with Gasteiger partial charge in [0.2, 0.25) is 0 Å². The monoisotopic (exact) mass is 255 g/mol. The van der Waals surface area contributed by atoms with Crippen LogP contribution in [0, 0.1) is 12.8 Å². The number of nitrogens with zero attached hydrogens (tertiary/aromatic N) is 1. The zero-order valence-corrected chi connectivity index (χ0v) is 11.8. The van der Waals surface area contributed by atoms with E-state index in [1.54, 1.807) is 6.07 Å². The highest BCUT2D eigenvalue weighted by molar-refractivity contribution is 7.14. The smallest absolute Gasteiger partial charge is 0.345 e. The first-order chi connectivity index (χ1) is 7.90. The van der Waals surface area contributed by atoms with Gasteiger partial charge in [-0.05, 0) is 44.5 Å². The summed E-state index contributed by atoms with van der Waals surface area (Å²) in [6.45, 7) is 8.30. The Labute approximate surface area is 107 Å². The first-order valence-corrected chi connectivity index (χ1v) is 6.73. The summed E-state index contributed by atoms with van der Waals surface area (Å²) in [5.41, 5.74) is 1.14. The number of hydrogen-bond acceptors (Lipinski definition) is 3. The number of carboxylic acids is 1. The molecule has 0 aromatic carbocycles. The Hall–Kier alpha value is -0.870. The number of thiophene rings is 1. The van der Waals surface area contributed by atoms with Crippen LogP contribution in [0.1, 0.15) is 40.4 Å². The Balaban J connectivity index is 2.58. The van der Waals surface area contributed by atoms with Crippen molar-refractivity contribution in [1.29, 1.82) is 0 Å². The maximum Gasteiger partial charge on any atom is 0.345 e. The molecule has 4 heteroatoms. The second-order valence-electron chi connectivity index (χ2n) is 4.92. The summed E-state index contributed by atoms with van der Waals surface area (Å²) in [6.07, 6.45) is 1.17. The second-order valence-corrected chi connectivity index (χ2v) is 6.17. The fraction of sp³-hybridized carbons (Fsp3) is 0.615. The summed E-state index contributed by atoms with van der Waals surface area (Å²) in [4.78, 5) is 14.7. The minimum Gasteiger partial charge on any atom is -0.477 e. The predicted octanol–water partition coefficient (Wildman–Crippen LogP) is 3.23. The van der Waals surface area contributed by atoms with Crippen LogP contribution in [-0.4, -0.2) is 29.6 Å². The zero-order chi connectivity index (χ0) is 13.0. The van der Waals surface area contributed by atoms with E-state index in [9.17, 15) is 4.79 Å². The maximum absolute atomic E-state index is 10.9. The summed E-state index contributed by atoms with van der Waals surface area (Å²) in [5.74, 6) is -0.121. The third kappa shape index (κ3) is 4.48. The quantitative estimate of drug-likeness (QED) is 0.848. The average Bonchev–Trinajstić information content (AvgIpc) is 2.58. The van der Waals surface area contributed by atoms with Crippen LogP contribution in [0.4, 0.5) is 0 Å². The first kappa shape index (κ1) is 14.2. The standard InChI is InChI=1S/C13H21NO2S/c1-9(2)5-6-14(4)8-11-7-12(13(15)16)17-10(11)3/h7,9H,5-6,8H2,1-4H3,(H,15,16). The van der Waals surface area contributed by atoms with Gasteiger partial charge in [0, 0.05) is 11.4 Å². The zero-order valence-electron chi connectivity index (χ0n) is 11.0. The lowest BCUT2D eigenvalue weighted by Gasteiger charge is -2.17. The summed E-state index contributed by atoms with van der Waals surface area (Å²) >= 11 is 1.36. The topological polar surface area (TPSA) is 40.5 Å². The van der Waals surface area contributed by atoms with Crippen LogP contribution in [0.25, 0.3) is 0 Å². The molecule has 96 valence electrons. The van der Waals surface area contributed by atoms with Gasteiger partial charge in [-0.25, -0.2) is 4.79 Å². The molecule has 0 radical (unpaired) electrons. The third-order valence-corrected chi connectivity index (χ3v) is 3.84. The molecule has 0 aliphatic heterocycles. The van der Waals surface area contributed by atoms with E-state index in [2.05, 4.69) is 25.8 Å². The Morgan fingerprint density at radius 1 is 1.53 bits per heavy atom. The normalized spacial score (nSPS) is 11.4. The molecule has 1 rings (SSSR count). The van der Waals surface area contributed by atoms with E-state index in [4.69, 9.17) is 5.11 Å². The van der Waals surface area contributed by atoms with Crippen LogP contribution in [0.2, 0.25) is 0 Å². The van der Waals surface area contributed by atoms with E-state index in [0.717, 1.165) is 23.5 Å². The number of carboxylic acid groups (broad SMARTS) is 1. The Kier molecular flexibility index (Phi) is 5.15. The van der Waals surface area contributed by atoms with Crippen molar-refractivity contribution < 1.29 is 9.90 Å². The minimum atomic E-state index is -0.825. The molecule has 0 saturated heterocycles. The third-order valence-electron chi connectivity index (χ3n) is 2.76. The molecule has 1 aromatic rings. The molecule has 0 spiro atoms. The van der Waals surface area contributed by atoms with Crippen LogP contribution in [0.3, 0.4) is 0 Å². The van der Waals surface area contributed by atoms with E-state index < -0.39 is 5.97 Å². The van der Waals surface area contributed by atoms with Gasteiger partial charge in [0.15, 0.2) is 0 Å². The molecule has 0 atom stereocenters. The minimum absolute atomic E-state index is 0.440. The molecule has 0 bridgehead atoms. The van der Waals surface area contributed by atoms with Gasteiger partial charge in [0.05, 0.1) is 0 Å². The van der Waals surface area contributed by atoms with Crippen LogP contribution in [0.5, 0.6) is 0 Å². The molecule has 3 nitrogen and oxygen atoms in total. The lowest BCUT2D eigenvalue weighted by Crippen LogP contribution is -2.20. The van der Waals surface area contributed by atoms with Crippen molar-refractivity contribution in [3.8, 4) is 0 Å². The van der Waals surface area contributed by atoms with Gasteiger partial charge in [-0.3, -0.25) is 0 Å². The predicted molar refractivity (Wildman–Crippen MR) is 71.8 cm³/mol. The molecule has 1 heterocycles. The number of hydrogen-bond donors (Lipinski definition) is 1. The Morgan fingerprint density at radius 2 is 2.18 bits per heavy atom. The van der Waals surface area contributed by atoms with E-state index in [0.29, 0.717) is 10.8 Å². The fourth-order valence-corrected chi connectivity index (χ4v) is 2.50. The van der Waals surface area contributed by atoms with Crippen molar-refractivity contribution in [2.24, 2.45) is 5.92 Å². The summed E-state index contributed by atoms with van der Waals surface area (Å²) in [6, 6.07) is 1.80. The van der Waals surface area contributed by atoms with Crippen LogP contribution >= 0.6 is 11.3 Å². The van der Waals surface area contributed by atoms with Gasteiger partial charge in [0.1, 0.15) is 4.88 Å². The van der Waals surface area contributed by atoms with Crippen LogP contribution in [-0.2, 0) is 6.54 Å². The number of aromatic carboxylic acids is 1. The molecular weight excluding hydrogens is 234 g/mol. The highest BCUT2D eigenvalue weighted by Gasteiger charge is 2.12. The maximum atomic E-state index is 10.9. The van der Waals surface area contributed by atoms with E-state index in [-0.39, 0.29) is 0 Å². The van der Waals surface area contributed by atoms with Crippen molar-refractivity contribution in [2.45, 2.75) is 33.7 Å². The van der Waals surface area contributed by atoms with Crippen molar-refractivity contribution in [2.75, 3.05) is 13.6 Å². The molecule has 1 aromatic heterocycles. The molecular formula is C13H21NO2S. The largest absolute Gasteiger partial charge is 0.477 e. The van der Waals surface area contributed by atoms with Crippen molar-refractivity contribution in [1.82, 2.24) is 4.90 Å². The summed E-state index contributed by atoms with van der Waals surface area (Å²) in [5, 5.41) is 8.93. The van der Waals surface area contributed by atoms with Crippen molar-refractivity contribution in [3.63, 3.8) is 0 Å². The van der Waals surface area contributed by atoms with Gasteiger partial charge < -0.3 is 10.0 Å². The highest BCUT2D eigenvalue weighted by atomic mass is 32.1. The average molecular weight is 255 g/mol. The molecule has 0 saturated carbocycles. The summed E-state index contributed by atoms with van der Waals surface area (Å²) in [7, 11) is 2.08. The van der Waals surface area contributed by atoms with Crippen molar-refractivity contribution in [3.05, 3.63) is 21.4 Å². The van der Waals surface area contributed by atoms with Crippen LogP contribution in [0.15, 0.2) is 6.07 Å². The number of carbonyl (C=O) groups is 1. The summed E-state index contributed by atoms with van der Waals surface area (Å²) < 4.78 is 0. The SMILES string of the molecule is Cc1sc(C(=O)O)cc1CN(C)CCC(C)C. The first-order valence-electron chi connectivity index (χ1n) is 5.91. The molecule has 0 aliphatic rings. The van der Waals surface area contributed by atoms with Crippen molar-refractivity contribution >= 4 is 17.3 Å². The lowest BCUT2D eigenvalue weighted by molar-refractivity contribution is 0.0702. The van der Waals surface area contributed by atoms with Gasteiger partial charge in [-0.15, -0.1) is 11.3 Å². The van der Waals surface area contributed by atoms with Crippen LogP contribution < -0.4 is 0 Å². The van der Waals surface area contributed by atoms with E-state index >= 15 is 0 Å². The van der Waals surface area contributed by atoms with Gasteiger partial charge in [-0.2, -0.15) is 0 Å². The highest BCUT2D eigenvalue weighted by Crippen LogP contribution is 2.22. The molecule has 1 N–H and O–H groups in total. The van der Waals surface area contributed by atoms with Gasteiger partial charge in [-0.1, -0.05) is 13.8 Å². The number of aryl methyl sites for hydroxylation is 1. The Bertz CT molecular complexity index is 385. The molecule has 0 fully saturated rings. The van der Waals surface area contributed by atoms with Gasteiger partial charge >= 0.3 is 5.97 Å². The fourth-order valence-electron chi connectivity index (χ4n) is 1.63.